The van der Waals surface area contributed by atoms with Gasteiger partial charge >= 0.3 is 0 Å². The molecule has 3 aromatic heterocycles. The van der Waals surface area contributed by atoms with Crippen molar-refractivity contribution in [2.45, 2.75) is 43.5 Å². The summed E-state index contributed by atoms with van der Waals surface area (Å²) >= 11 is 2.99. The van der Waals surface area contributed by atoms with E-state index in [0.29, 0.717) is 19.0 Å². The lowest BCUT2D eigenvalue weighted by Crippen LogP contribution is -2.36. The quantitative estimate of drug-likeness (QED) is 0.543. The molecule has 32 heavy (non-hydrogen) atoms. The molecule has 4 heterocycles. The molecule has 0 saturated carbocycles. The standard InChI is InChI=1S/C21H27N5O3S3/c1-13-2-4-15-16(10-13)31-21-19(15)20(23-11-14-3-5-18(30-14)32(22,27)28)24-17(25-21)12-26-6-8-29-9-7-26/h3,5,13H,2,4,6-12H2,1H3,(H2,22,27,28)(H,23,24,25)/t13-/m0/s1. The first-order chi connectivity index (χ1) is 15.4. The van der Waals surface area contributed by atoms with Gasteiger partial charge < -0.3 is 10.1 Å². The number of primary sulfonamides is 1. The van der Waals surface area contributed by atoms with E-state index in [1.807, 2.05) is 0 Å². The Kier molecular flexibility index (Phi) is 6.21. The number of fused-ring (bicyclic) bond motifs is 3. The summed E-state index contributed by atoms with van der Waals surface area (Å²) in [5.41, 5.74) is 1.37. The predicted molar refractivity (Wildman–Crippen MR) is 128 cm³/mol. The van der Waals surface area contributed by atoms with E-state index in [9.17, 15) is 8.42 Å². The number of nitrogens with two attached hydrogens (primary N) is 1. The van der Waals surface area contributed by atoms with Crippen LogP contribution in [0.3, 0.4) is 0 Å². The van der Waals surface area contributed by atoms with Crippen LogP contribution in [0.2, 0.25) is 0 Å². The second-order valence-corrected chi connectivity index (χ2v) is 12.6. The number of hydrogen-bond acceptors (Lipinski definition) is 9. The van der Waals surface area contributed by atoms with Crippen LogP contribution in [0.15, 0.2) is 16.3 Å². The van der Waals surface area contributed by atoms with E-state index < -0.39 is 10.0 Å². The van der Waals surface area contributed by atoms with Gasteiger partial charge in [-0.3, -0.25) is 4.90 Å². The number of thiophene rings is 2. The molecule has 0 spiro atoms. The van der Waals surface area contributed by atoms with Crippen LogP contribution in [0, 0.1) is 5.92 Å². The molecule has 1 saturated heterocycles. The Bertz CT molecular complexity index is 1230. The van der Waals surface area contributed by atoms with Crippen molar-refractivity contribution in [3.63, 3.8) is 0 Å². The maximum Gasteiger partial charge on any atom is 0.247 e. The Balaban J connectivity index is 1.47. The minimum atomic E-state index is -3.68. The molecular weight excluding hydrogens is 466 g/mol. The van der Waals surface area contributed by atoms with Crippen LogP contribution in [-0.4, -0.2) is 49.6 Å². The van der Waals surface area contributed by atoms with E-state index in [0.717, 1.165) is 65.9 Å². The van der Waals surface area contributed by atoms with Crippen LogP contribution in [0.5, 0.6) is 0 Å². The first-order valence-corrected chi connectivity index (χ1v) is 14.0. The Hall–Kier alpha value is -1.63. The Morgan fingerprint density at radius 1 is 1.25 bits per heavy atom. The normalized spacial score (nSPS) is 19.9. The molecule has 3 aromatic rings. The summed E-state index contributed by atoms with van der Waals surface area (Å²) in [6.07, 6.45) is 3.32. The van der Waals surface area contributed by atoms with Crippen molar-refractivity contribution >= 4 is 48.7 Å². The third kappa shape index (κ3) is 4.68. The summed E-state index contributed by atoms with van der Waals surface area (Å²) in [5, 5.41) is 9.87. The zero-order chi connectivity index (χ0) is 22.3. The molecule has 1 fully saturated rings. The molecule has 0 unspecified atom stereocenters. The average Bonchev–Trinajstić information content (AvgIpc) is 3.37. The first-order valence-electron chi connectivity index (χ1n) is 10.8. The molecule has 1 aliphatic carbocycles. The lowest BCUT2D eigenvalue weighted by molar-refractivity contribution is 0.0331. The number of hydrogen-bond donors (Lipinski definition) is 2. The summed E-state index contributed by atoms with van der Waals surface area (Å²) in [6.45, 7) is 6.74. The molecule has 0 radical (unpaired) electrons. The molecule has 3 N–H and O–H groups in total. The Morgan fingerprint density at radius 2 is 2.06 bits per heavy atom. The minimum absolute atomic E-state index is 0.178. The van der Waals surface area contributed by atoms with Gasteiger partial charge in [0.1, 0.15) is 20.7 Å². The van der Waals surface area contributed by atoms with Gasteiger partial charge in [-0.2, -0.15) is 0 Å². The SMILES string of the molecule is C[C@H]1CCc2c(sc3nc(CN4CCOCC4)nc(NCc4ccc(S(N)(=O)=O)s4)c23)C1. The number of ether oxygens (including phenoxy) is 1. The molecule has 11 heteroatoms. The maximum atomic E-state index is 11.6. The zero-order valence-electron chi connectivity index (χ0n) is 18.0. The van der Waals surface area contributed by atoms with E-state index in [1.54, 1.807) is 23.5 Å². The van der Waals surface area contributed by atoms with Crippen molar-refractivity contribution in [3.05, 3.63) is 33.3 Å². The fourth-order valence-corrected chi connectivity index (χ4v) is 7.44. The molecule has 0 aromatic carbocycles. The van der Waals surface area contributed by atoms with Crippen LogP contribution in [0.4, 0.5) is 5.82 Å². The van der Waals surface area contributed by atoms with Crippen LogP contribution in [-0.2, 0) is 40.7 Å². The van der Waals surface area contributed by atoms with E-state index >= 15 is 0 Å². The fourth-order valence-electron chi connectivity index (χ4n) is 4.32. The van der Waals surface area contributed by atoms with E-state index in [-0.39, 0.29) is 4.21 Å². The van der Waals surface area contributed by atoms with Crippen molar-refractivity contribution < 1.29 is 13.2 Å². The summed E-state index contributed by atoms with van der Waals surface area (Å²) in [7, 11) is -3.68. The van der Waals surface area contributed by atoms with Gasteiger partial charge in [-0.25, -0.2) is 23.5 Å². The van der Waals surface area contributed by atoms with E-state index in [4.69, 9.17) is 19.8 Å². The van der Waals surface area contributed by atoms with Crippen molar-refractivity contribution in [3.8, 4) is 0 Å². The topological polar surface area (TPSA) is 110 Å². The number of nitrogens with zero attached hydrogens (tertiary/aromatic N) is 3. The minimum Gasteiger partial charge on any atom is -0.379 e. The summed E-state index contributed by atoms with van der Waals surface area (Å²) in [5.74, 6) is 2.34. The molecule has 1 atom stereocenters. The summed E-state index contributed by atoms with van der Waals surface area (Å²) in [6, 6.07) is 3.36. The van der Waals surface area contributed by atoms with Crippen molar-refractivity contribution in [1.29, 1.82) is 0 Å². The molecular formula is C21H27N5O3S3. The largest absolute Gasteiger partial charge is 0.379 e. The van der Waals surface area contributed by atoms with Gasteiger partial charge in [0.15, 0.2) is 0 Å². The lowest BCUT2D eigenvalue weighted by atomic mass is 9.89. The highest BCUT2D eigenvalue weighted by Gasteiger charge is 2.25. The Labute approximate surface area is 195 Å². The number of aromatic nitrogens is 2. The molecule has 1 aliphatic heterocycles. The monoisotopic (exact) mass is 493 g/mol. The number of rotatable bonds is 6. The van der Waals surface area contributed by atoms with Gasteiger partial charge in [0.05, 0.1) is 31.7 Å². The van der Waals surface area contributed by atoms with Gasteiger partial charge in [0, 0.05) is 22.8 Å². The smallest absolute Gasteiger partial charge is 0.247 e. The second kappa shape index (κ2) is 8.96. The predicted octanol–water partition coefficient (Wildman–Crippen LogP) is 2.97. The third-order valence-electron chi connectivity index (χ3n) is 6.02. The number of nitrogens with one attached hydrogen (secondary N) is 1. The van der Waals surface area contributed by atoms with Crippen LogP contribution in [0.1, 0.15) is 34.5 Å². The number of morpholine rings is 1. The number of anilines is 1. The van der Waals surface area contributed by atoms with E-state index in [2.05, 4.69) is 17.1 Å². The van der Waals surface area contributed by atoms with Crippen LogP contribution < -0.4 is 10.5 Å². The van der Waals surface area contributed by atoms with Gasteiger partial charge in [-0.1, -0.05) is 6.92 Å². The summed E-state index contributed by atoms with van der Waals surface area (Å²) in [4.78, 5) is 15.6. The molecule has 8 nitrogen and oxygen atoms in total. The number of sulfonamides is 1. The molecule has 0 amide bonds. The molecule has 0 bridgehead atoms. The molecule has 172 valence electrons. The highest BCUT2D eigenvalue weighted by Crippen LogP contribution is 2.40. The molecule has 5 rings (SSSR count). The van der Waals surface area contributed by atoms with Gasteiger partial charge in [-0.15, -0.1) is 22.7 Å². The average molecular weight is 494 g/mol. The highest BCUT2D eigenvalue weighted by atomic mass is 32.2. The zero-order valence-corrected chi connectivity index (χ0v) is 20.4. The van der Waals surface area contributed by atoms with Crippen molar-refractivity contribution in [2.24, 2.45) is 11.1 Å². The number of aryl methyl sites for hydroxylation is 1. The second-order valence-electron chi connectivity index (χ2n) is 8.53. The van der Waals surface area contributed by atoms with Gasteiger partial charge in [0.2, 0.25) is 10.0 Å². The summed E-state index contributed by atoms with van der Waals surface area (Å²) < 4.78 is 28.9. The third-order valence-corrected chi connectivity index (χ3v) is 9.69. The highest BCUT2D eigenvalue weighted by molar-refractivity contribution is 7.91. The van der Waals surface area contributed by atoms with Crippen LogP contribution >= 0.6 is 22.7 Å². The first kappa shape index (κ1) is 22.2. The fraction of sp³-hybridized carbons (Fsp3) is 0.524. The Morgan fingerprint density at radius 3 is 2.81 bits per heavy atom. The van der Waals surface area contributed by atoms with Crippen molar-refractivity contribution in [1.82, 2.24) is 14.9 Å². The van der Waals surface area contributed by atoms with Crippen LogP contribution in [0.25, 0.3) is 10.2 Å². The lowest BCUT2D eigenvalue weighted by Gasteiger charge is -2.26. The van der Waals surface area contributed by atoms with E-state index in [1.165, 1.54) is 28.2 Å². The maximum absolute atomic E-state index is 11.6. The van der Waals surface area contributed by atoms with Gasteiger partial charge in [-0.05, 0) is 42.9 Å². The molecule has 2 aliphatic rings. The van der Waals surface area contributed by atoms with Crippen molar-refractivity contribution in [2.75, 3.05) is 31.6 Å². The van der Waals surface area contributed by atoms with Gasteiger partial charge in [0.25, 0.3) is 0 Å².